The topological polar surface area (TPSA) is 106 Å². The van der Waals surface area contributed by atoms with Crippen LogP contribution in [-0.4, -0.2) is 44.4 Å². The summed E-state index contributed by atoms with van der Waals surface area (Å²) >= 11 is 0. The smallest absolute Gasteiger partial charge is 0.228 e. The van der Waals surface area contributed by atoms with Crippen molar-refractivity contribution in [3.8, 4) is 17.3 Å². The summed E-state index contributed by atoms with van der Waals surface area (Å²) in [7, 11) is 0. The molecule has 0 bridgehead atoms. The Morgan fingerprint density at radius 3 is 2.96 bits per heavy atom. The monoisotopic (exact) mass is 350 g/mol. The van der Waals surface area contributed by atoms with Crippen LogP contribution in [0.4, 0.5) is 22.0 Å². The molecule has 1 aliphatic rings. The van der Waals surface area contributed by atoms with Crippen LogP contribution in [0.5, 0.6) is 0 Å². The van der Waals surface area contributed by atoms with Gasteiger partial charge in [0.25, 0.3) is 0 Å². The molecule has 0 aromatic carbocycles. The number of alkyl halides is 1. The van der Waals surface area contributed by atoms with Crippen LogP contribution in [0.25, 0.3) is 11.3 Å². The van der Waals surface area contributed by atoms with Crippen LogP contribution >= 0.6 is 0 Å². The summed E-state index contributed by atoms with van der Waals surface area (Å²) in [6.07, 6.45) is 4.47. The first-order chi connectivity index (χ1) is 12.7. The van der Waals surface area contributed by atoms with E-state index in [4.69, 9.17) is 0 Å². The highest BCUT2D eigenvalue weighted by atomic mass is 19.1. The number of H-pyrrole nitrogens is 1. The van der Waals surface area contributed by atoms with E-state index in [0.29, 0.717) is 47.4 Å². The van der Waals surface area contributed by atoms with E-state index in [1.807, 2.05) is 0 Å². The van der Waals surface area contributed by atoms with Gasteiger partial charge < -0.3 is 10.2 Å². The molecular weight excluding hydrogens is 335 g/mol. The van der Waals surface area contributed by atoms with Gasteiger partial charge in [-0.05, 0) is 18.6 Å². The van der Waals surface area contributed by atoms with E-state index < -0.39 is 6.17 Å². The number of anilines is 3. The summed E-state index contributed by atoms with van der Waals surface area (Å²) in [6, 6.07) is 7.37. The number of nitrogens with one attached hydrogen (secondary N) is 2. The molecule has 2 N–H and O–H groups in total. The number of hydrogen-bond acceptors (Lipinski definition) is 7. The van der Waals surface area contributed by atoms with Gasteiger partial charge in [0.2, 0.25) is 5.95 Å². The molecule has 3 aromatic rings. The zero-order chi connectivity index (χ0) is 17.9. The van der Waals surface area contributed by atoms with E-state index >= 15 is 0 Å². The standard InChI is InChI=1S/C17H15FN8/c18-13-3-6-26(10-13)16-11(8-19)7-12(9-21-16)14-1-4-20-17(23-14)24-15-2-5-22-25-15/h1-2,4-5,7,9,13H,3,6,10H2,(H2,20,22,23,24,25). The number of rotatable bonds is 4. The van der Waals surface area contributed by atoms with Gasteiger partial charge in [-0.3, -0.25) is 5.10 Å². The Hall–Kier alpha value is -3.54. The van der Waals surface area contributed by atoms with Gasteiger partial charge in [-0.2, -0.15) is 10.4 Å². The largest absolute Gasteiger partial charge is 0.352 e. The fraction of sp³-hybridized carbons (Fsp3) is 0.235. The first-order valence-corrected chi connectivity index (χ1v) is 8.12. The quantitative estimate of drug-likeness (QED) is 0.744. The predicted molar refractivity (Wildman–Crippen MR) is 93.6 cm³/mol. The van der Waals surface area contributed by atoms with Crippen molar-refractivity contribution in [1.29, 1.82) is 5.26 Å². The van der Waals surface area contributed by atoms with E-state index in [9.17, 15) is 9.65 Å². The molecule has 1 saturated heterocycles. The van der Waals surface area contributed by atoms with Crippen molar-refractivity contribution in [2.45, 2.75) is 12.6 Å². The van der Waals surface area contributed by atoms with Crippen LogP contribution in [0.2, 0.25) is 0 Å². The van der Waals surface area contributed by atoms with Crippen molar-refractivity contribution in [1.82, 2.24) is 25.1 Å². The normalized spacial score (nSPS) is 16.5. The minimum absolute atomic E-state index is 0.271. The molecule has 1 aliphatic heterocycles. The van der Waals surface area contributed by atoms with Crippen molar-refractivity contribution in [2.75, 3.05) is 23.3 Å². The Balaban J connectivity index is 1.63. The highest BCUT2D eigenvalue weighted by Crippen LogP contribution is 2.27. The first-order valence-electron chi connectivity index (χ1n) is 8.12. The highest BCUT2D eigenvalue weighted by Gasteiger charge is 2.25. The molecule has 0 amide bonds. The lowest BCUT2D eigenvalue weighted by Crippen LogP contribution is -2.22. The molecule has 130 valence electrons. The average molecular weight is 350 g/mol. The van der Waals surface area contributed by atoms with Crippen LogP contribution in [0.15, 0.2) is 36.8 Å². The van der Waals surface area contributed by atoms with Crippen LogP contribution in [0, 0.1) is 11.3 Å². The second-order valence-electron chi connectivity index (χ2n) is 5.90. The van der Waals surface area contributed by atoms with E-state index in [1.165, 1.54) is 0 Å². The maximum absolute atomic E-state index is 13.5. The Morgan fingerprint density at radius 2 is 2.23 bits per heavy atom. The third kappa shape index (κ3) is 3.17. The summed E-state index contributed by atoms with van der Waals surface area (Å²) in [6.45, 7) is 0.834. The van der Waals surface area contributed by atoms with Gasteiger partial charge in [-0.15, -0.1) is 0 Å². The van der Waals surface area contributed by atoms with Crippen molar-refractivity contribution in [3.05, 3.63) is 42.4 Å². The van der Waals surface area contributed by atoms with E-state index in [-0.39, 0.29) is 6.54 Å². The van der Waals surface area contributed by atoms with Crippen LogP contribution in [0.1, 0.15) is 12.0 Å². The van der Waals surface area contributed by atoms with Crippen molar-refractivity contribution < 1.29 is 4.39 Å². The molecule has 1 unspecified atom stereocenters. The molecule has 1 fully saturated rings. The number of aromatic nitrogens is 5. The minimum atomic E-state index is -0.874. The maximum Gasteiger partial charge on any atom is 0.228 e. The molecule has 26 heavy (non-hydrogen) atoms. The van der Waals surface area contributed by atoms with Gasteiger partial charge in [0.05, 0.1) is 24.0 Å². The molecule has 1 atom stereocenters. The summed E-state index contributed by atoms with van der Waals surface area (Å²) in [5, 5.41) is 19.1. The summed E-state index contributed by atoms with van der Waals surface area (Å²) < 4.78 is 13.5. The molecule has 4 rings (SSSR count). The van der Waals surface area contributed by atoms with Crippen LogP contribution < -0.4 is 10.2 Å². The number of hydrogen-bond donors (Lipinski definition) is 2. The fourth-order valence-electron chi connectivity index (χ4n) is 2.87. The van der Waals surface area contributed by atoms with Gasteiger partial charge in [-0.25, -0.2) is 19.3 Å². The van der Waals surface area contributed by atoms with E-state index in [1.54, 1.807) is 41.7 Å². The van der Waals surface area contributed by atoms with E-state index in [2.05, 4.69) is 36.5 Å². The molecule has 0 radical (unpaired) electrons. The Bertz CT molecular complexity index is 950. The third-order valence-corrected chi connectivity index (χ3v) is 4.12. The Labute approximate surface area is 148 Å². The van der Waals surface area contributed by atoms with Crippen molar-refractivity contribution in [2.24, 2.45) is 0 Å². The molecule has 0 aliphatic carbocycles. The molecule has 9 heteroatoms. The lowest BCUT2D eigenvalue weighted by molar-refractivity contribution is 0.364. The Morgan fingerprint density at radius 1 is 1.31 bits per heavy atom. The predicted octanol–water partition coefficient (Wildman–Crippen LogP) is 2.43. The fourth-order valence-corrected chi connectivity index (χ4v) is 2.87. The summed E-state index contributed by atoms with van der Waals surface area (Å²) in [5.74, 6) is 1.58. The average Bonchev–Trinajstić information content (AvgIpc) is 3.33. The first kappa shape index (κ1) is 16.0. The lowest BCUT2D eigenvalue weighted by Gasteiger charge is -2.18. The SMILES string of the molecule is N#Cc1cc(-c2ccnc(Nc3ccn[nH]3)n2)cnc1N1CCC(F)C1. The maximum atomic E-state index is 13.5. The number of nitrogens with zero attached hydrogens (tertiary/aromatic N) is 6. The number of pyridine rings is 1. The molecule has 8 nitrogen and oxygen atoms in total. The van der Waals surface area contributed by atoms with Gasteiger partial charge in [-0.1, -0.05) is 0 Å². The number of aromatic amines is 1. The van der Waals surface area contributed by atoms with Gasteiger partial charge in [0.1, 0.15) is 23.9 Å². The molecule has 0 spiro atoms. The molecule has 0 saturated carbocycles. The number of halogens is 1. The minimum Gasteiger partial charge on any atom is -0.352 e. The highest BCUT2D eigenvalue weighted by molar-refractivity contribution is 5.67. The van der Waals surface area contributed by atoms with Crippen LogP contribution in [-0.2, 0) is 0 Å². The summed E-state index contributed by atoms with van der Waals surface area (Å²) in [5.41, 5.74) is 1.72. The summed E-state index contributed by atoms with van der Waals surface area (Å²) in [4.78, 5) is 14.8. The van der Waals surface area contributed by atoms with Crippen molar-refractivity contribution >= 4 is 17.6 Å². The molecule has 4 heterocycles. The zero-order valence-corrected chi connectivity index (χ0v) is 13.7. The van der Waals surface area contributed by atoms with E-state index in [0.717, 1.165) is 0 Å². The number of nitriles is 1. The van der Waals surface area contributed by atoms with Crippen molar-refractivity contribution in [3.63, 3.8) is 0 Å². The molecule has 3 aromatic heterocycles. The second kappa shape index (κ2) is 6.76. The Kier molecular flexibility index (Phi) is 4.15. The van der Waals surface area contributed by atoms with Crippen LogP contribution in [0.3, 0.4) is 0 Å². The lowest BCUT2D eigenvalue weighted by atomic mass is 10.1. The third-order valence-electron chi connectivity index (χ3n) is 4.12. The van der Waals surface area contributed by atoms with Gasteiger partial charge >= 0.3 is 0 Å². The van der Waals surface area contributed by atoms with Gasteiger partial charge in [0, 0.05) is 30.6 Å². The zero-order valence-electron chi connectivity index (χ0n) is 13.7. The van der Waals surface area contributed by atoms with Gasteiger partial charge in [0.15, 0.2) is 0 Å². The molecular formula is C17H15FN8. The second-order valence-corrected chi connectivity index (χ2v) is 5.90.